The van der Waals surface area contributed by atoms with Gasteiger partial charge in [-0.15, -0.1) is 0 Å². The molecule has 0 saturated carbocycles. The van der Waals surface area contributed by atoms with Crippen molar-refractivity contribution in [3.63, 3.8) is 0 Å². The van der Waals surface area contributed by atoms with Gasteiger partial charge in [0.1, 0.15) is 0 Å². The standard InChI is InChI=1S/C24H20Br4O2Si/c1-31(2,29-13-17-11-21(27)9-15-7-19(25)3-5-23(15)17)30-14-18-12-22(28)10-16-8-20(26)4-6-24(16)18/h3-12H,13-14H2,1-2H3. The van der Waals surface area contributed by atoms with Crippen LogP contribution in [0.5, 0.6) is 0 Å². The Hall–Kier alpha value is -0.543. The van der Waals surface area contributed by atoms with Gasteiger partial charge in [-0.3, -0.25) is 0 Å². The van der Waals surface area contributed by atoms with E-state index < -0.39 is 8.56 Å². The van der Waals surface area contributed by atoms with E-state index in [2.05, 4.69) is 137 Å². The van der Waals surface area contributed by atoms with Gasteiger partial charge in [-0.1, -0.05) is 75.9 Å². The molecule has 0 aliphatic rings. The molecular formula is C24H20Br4O2Si. The second kappa shape index (κ2) is 9.75. The van der Waals surface area contributed by atoms with E-state index in [1.807, 2.05) is 0 Å². The lowest BCUT2D eigenvalue weighted by molar-refractivity contribution is 0.165. The van der Waals surface area contributed by atoms with Crippen molar-refractivity contribution in [2.45, 2.75) is 26.3 Å². The summed E-state index contributed by atoms with van der Waals surface area (Å²) < 4.78 is 16.9. The van der Waals surface area contributed by atoms with Crippen LogP contribution in [-0.2, 0) is 22.1 Å². The summed E-state index contributed by atoms with van der Waals surface area (Å²) in [5, 5.41) is 4.74. The van der Waals surface area contributed by atoms with Gasteiger partial charge >= 0.3 is 8.56 Å². The van der Waals surface area contributed by atoms with Crippen LogP contribution in [0.3, 0.4) is 0 Å². The largest absolute Gasteiger partial charge is 0.390 e. The highest BCUT2D eigenvalue weighted by atomic mass is 79.9. The molecule has 4 rings (SSSR count). The van der Waals surface area contributed by atoms with Crippen molar-refractivity contribution in [1.82, 2.24) is 0 Å². The second-order valence-electron chi connectivity index (χ2n) is 7.84. The van der Waals surface area contributed by atoms with E-state index in [1.165, 1.54) is 21.5 Å². The third-order valence-corrected chi connectivity index (χ3v) is 8.66. The van der Waals surface area contributed by atoms with Crippen LogP contribution in [0.25, 0.3) is 21.5 Å². The molecule has 7 heteroatoms. The molecule has 0 fully saturated rings. The molecule has 0 bridgehead atoms. The van der Waals surface area contributed by atoms with Crippen LogP contribution in [0.2, 0.25) is 13.1 Å². The van der Waals surface area contributed by atoms with Crippen LogP contribution in [0.15, 0.2) is 78.6 Å². The molecule has 0 spiro atoms. The Morgan fingerprint density at radius 3 is 1.39 bits per heavy atom. The first-order valence-corrected chi connectivity index (χ1v) is 15.7. The maximum Gasteiger partial charge on any atom is 0.332 e. The first-order chi connectivity index (χ1) is 14.7. The number of benzene rings is 4. The highest BCUT2D eigenvalue weighted by Gasteiger charge is 2.25. The molecule has 0 aliphatic heterocycles. The van der Waals surface area contributed by atoms with E-state index in [4.69, 9.17) is 8.85 Å². The molecule has 0 heterocycles. The Labute approximate surface area is 217 Å². The van der Waals surface area contributed by atoms with Gasteiger partial charge < -0.3 is 8.85 Å². The molecule has 31 heavy (non-hydrogen) atoms. The topological polar surface area (TPSA) is 18.5 Å². The molecular weight excluding hydrogens is 668 g/mol. The minimum Gasteiger partial charge on any atom is -0.390 e. The Bertz CT molecular complexity index is 1170. The predicted molar refractivity (Wildman–Crippen MR) is 146 cm³/mol. The maximum atomic E-state index is 6.36. The molecule has 2 nitrogen and oxygen atoms in total. The summed E-state index contributed by atoms with van der Waals surface area (Å²) in [6.07, 6.45) is 0. The van der Waals surface area contributed by atoms with Gasteiger partial charge in [0.05, 0.1) is 13.2 Å². The smallest absolute Gasteiger partial charge is 0.332 e. The summed E-state index contributed by atoms with van der Waals surface area (Å²) in [5.41, 5.74) is 2.30. The fourth-order valence-electron chi connectivity index (χ4n) is 3.54. The Morgan fingerprint density at radius 2 is 0.968 bits per heavy atom. The fourth-order valence-corrected chi connectivity index (χ4v) is 6.44. The number of halogens is 4. The summed E-state index contributed by atoms with van der Waals surface area (Å²) >= 11 is 14.4. The number of hydrogen-bond acceptors (Lipinski definition) is 2. The number of rotatable bonds is 6. The average molecular weight is 688 g/mol. The summed E-state index contributed by atoms with van der Waals surface area (Å²) in [5.74, 6) is 0. The van der Waals surface area contributed by atoms with Crippen molar-refractivity contribution in [1.29, 1.82) is 0 Å². The highest BCUT2D eigenvalue weighted by Crippen LogP contribution is 2.30. The summed E-state index contributed by atoms with van der Waals surface area (Å²) in [7, 11) is -2.35. The van der Waals surface area contributed by atoms with E-state index in [1.54, 1.807) is 0 Å². The van der Waals surface area contributed by atoms with E-state index in [9.17, 15) is 0 Å². The van der Waals surface area contributed by atoms with Gasteiger partial charge in [0.2, 0.25) is 0 Å². The normalized spacial score (nSPS) is 12.1. The molecule has 0 N–H and O–H groups in total. The molecule has 0 saturated heterocycles. The quantitative estimate of drug-likeness (QED) is 0.188. The predicted octanol–water partition coefficient (Wildman–Crippen LogP) is 9.48. The SMILES string of the molecule is C[Si](C)(OCc1cc(Br)cc2cc(Br)ccc12)OCc1cc(Br)cc2cc(Br)ccc12. The number of fused-ring (bicyclic) bond motifs is 2. The molecule has 0 amide bonds. The zero-order valence-electron chi connectivity index (χ0n) is 17.0. The third kappa shape index (κ3) is 5.88. The van der Waals surface area contributed by atoms with Gasteiger partial charge in [0, 0.05) is 17.9 Å². The molecule has 0 aromatic heterocycles. The minimum atomic E-state index is -2.35. The van der Waals surface area contributed by atoms with Crippen LogP contribution >= 0.6 is 63.7 Å². The first-order valence-electron chi connectivity index (χ1n) is 9.73. The molecule has 0 unspecified atom stereocenters. The molecule has 160 valence electrons. The van der Waals surface area contributed by atoms with Crippen molar-refractivity contribution < 1.29 is 8.85 Å². The summed E-state index contributed by atoms with van der Waals surface area (Å²) in [6, 6.07) is 21.1. The van der Waals surface area contributed by atoms with E-state index >= 15 is 0 Å². The van der Waals surface area contributed by atoms with Crippen LogP contribution in [-0.4, -0.2) is 8.56 Å². The van der Waals surface area contributed by atoms with Crippen molar-refractivity contribution in [3.05, 3.63) is 89.7 Å². The zero-order chi connectivity index (χ0) is 22.2. The highest BCUT2D eigenvalue weighted by molar-refractivity contribution is 9.11. The lowest BCUT2D eigenvalue weighted by Crippen LogP contribution is -2.34. The van der Waals surface area contributed by atoms with Gasteiger partial charge in [-0.2, -0.15) is 0 Å². The molecule has 0 radical (unpaired) electrons. The van der Waals surface area contributed by atoms with Crippen LogP contribution in [0, 0.1) is 0 Å². The van der Waals surface area contributed by atoms with Crippen LogP contribution in [0.1, 0.15) is 11.1 Å². The van der Waals surface area contributed by atoms with Gasteiger partial charge in [-0.25, -0.2) is 0 Å². The molecule has 0 aliphatic carbocycles. The van der Waals surface area contributed by atoms with Crippen molar-refractivity contribution in [2.75, 3.05) is 0 Å². The minimum absolute atomic E-state index is 0.517. The summed E-state index contributed by atoms with van der Waals surface area (Å²) in [4.78, 5) is 0. The zero-order valence-corrected chi connectivity index (χ0v) is 24.4. The van der Waals surface area contributed by atoms with Crippen molar-refractivity contribution in [2.24, 2.45) is 0 Å². The van der Waals surface area contributed by atoms with Crippen LogP contribution < -0.4 is 0 Å². The fraction of sp³-hybridized carbons (Fsp3) is 0.167. The van der Waals surface area contributed by atoms with Gasteiger partial charge in [0.25, 0.3) is 0 Å². The molecule has 0 atom stereocenters. The summed E-state index contributed by atoms with van der Waals surface area (Å²) in [6.45, 7) is 5.23. The van der Waals surface area contributed by atoms with Gasteiger partial charge in [-0.05, 0) is 94.3 Å². The Morgan fingerprint density at radius 1 is 0.581 bits per heavy atom. The van der Waals surface area contributed by atoms with Crippen LogP contribution in [0.4, 0.5) is 0 Å². The second-order valence-corrected chi connectivity index (χ2v) is 14.9. The van der Waals surface area contributed by atoms with Crippen molar-refractivity contribution in [3.8, 4) is 0 Å². The van der Waals surface area contributed by atoms with E-state index in [0.717, 1.165) is 29.0 Å². The Balaban J connectivity index is 1.51. The lowest BCUT2D eigenvalue weighted by atomic mass is 10.1. The molecule has 4 aromatic rings. The van der Waals surface area contributed by atoms with Gasteiger partial charge in [0.15, 0.2) is 0 Å². The average Bonchev–Trinajstić information content (AvgIpc) is 2.69. The molecule has 4 aromatic carbocycles. The third-order valence-electron chi connectivity index (χ3n) is 5.08. The van der Waals surface area contributed by atoms with Crippen molar-refractivity contribution >= 4 is 93.8 Å². The first kappa shape index (κ1) is 23.6. The Kier molecular flexibility index (Phi) is 7.43. The number of hydrogen-bond donors (Lipinski definition) is 0. The lowest BCUT2D eigenvalue weighted by Gasteiger charge is -2.24. The van der Waals surface area contributed by atoms with E-state index in [-0.39, 0.29) is 0 Å². The van der Waals surface area contributed by atoms with E-state index in [0.29, 0.717) is 13.2 Å². The maximum absolute atomic E-state index is 6.36. The monoisotopic (exact) mass is 684 g/mol.